The highest BCUT2D eigenvalue weighted by molar-refractivity contribution is 5.82. The Kier molecular flexibility index (Phi) is 10.2. The SMILES string of the molecule is c1ccc(N=Nc2ccccc2)cc1.c1ccc(N=Nc2ccccc2)cc1.c1ccc2ccccc2c1. The minimum atomic E-state index is 0.872. The number of hydrogen-bond donors (Lipinski definition) is 0. The van der Waals surface area contributed by atoms with E-state index in [9.17, 15) is 0 Å². The molecule has 6 rings (SSSR count). The molecule has 0 N–H and O–H groups in total. The van der Waals surface area contributed by atoms with Crippen molar-refractivity contribution in [1.82, 2.24) is 0 Å². The van der Waals surface area contributed by atoms with Crippen molar-refractivity contribution in [3.8, 4) is 0 Å². The Labute approximate surface area is 223 Å². The van der Waals surface area contributed by atoms with Gasteiger partial charge in [-0.3, -0.25) is 0 Å². The van der Waals surface area contributed by atoms with Gasteiger partial charge < -0.3 is 0 Å². The first-order valence-corrected chi connectivity index (χ1v) is 12.3. The van der Waals surface area contributed by atoms with Crippen molar-refractivity contribution in [2.45, 2.75) is 0 Å². The van der Waals surface area contributed by atoms with Crippen molar-refractivity contribution < 1.29 is 0 Å². The third-order valence-corrected chi connectivity index (χ3v) is 5.25. The third-order valence-electron chi connectivity index (χ3n) is 5.25. The maximum Gasteiger partial charge on any atom is 0.0857 e. The minimum absolute atomic E-state index is 0.872. The van der Waals surface area contributed by atoms with Gasteiger partial charge in [-0.15, -0.1) is 0 Å². The summed E-state index contributed by atoms with van der Waals surface area (Å²) in [5.41, 5.74) is 3.49. The molecule has 184 valence electrons. The number of azo groups is 2. The molecule has 0 unspecified atom stereocenters. The molecule has 0 atom stereocenters. The molecule has 6 aromatic rings. The van der Waals surface area contributed by atoms with E-state index in [1.54, 1.807) is 0 Å². The van der Waals surface area contributed by atoms with E-state index in [1.165, 1.54) is 10.8 Å². The predicted octanol–water partition coefficient (Wildman–Crippen LogP) is 11.0. The lowest BCUT2D eigenvalue weighted by atomic mass is 10.1. The Morgan fingerprint density at radius 2 is 0.395 bits per heavy atom. The molecule has 0 aliphatic carbocycles. The molecular weight excluding hydrogens is 464 g/mol. The molecule has 0 saturated carbocycles. The van der Waals surface area contributed by atoms with E-state index < -0.39 is 0 Å². The summed E-state index contributed by atoms with van der Waals surface area (Å²) in [6.45, 7) is 0. The molecule has 0 amide bonds. The standard InChI is InChI=1S/2C12H10N2.C10H8/c2*1-3-7-11(8-4-1)13-14-12-9-5-2-6-10-12;1-2-6-10-8-4-3-7-9(10)5-1/h2*1-10H;1-8H. The van der Waals surface area contributed by atoms with Gasteiger partial charge in [-0.2, -0.15) is 20.5 Å². The van der Waals surface area contributed by atoms with Gasteiger partial charge in [-0.25, -0.2) is 0 Å². The summed E-state index contributed by atoms with van der Waals surface area (Å²) in [6, 6.07) is 55.5. The molecule has 0 spiro atoms. The molecule has 0 bridgehead atoms. The van der Waals surface area contributed by atoms with Crippen LogP contribution in [0.15, 0.2) is 190 Å². The Hall–Kier alpha value is -5.22. The zero-order valence-corrected chi connectivity index (χ0v) is 21.0. The van der Waals surface area contributed by atoms with Crippen LogP contribution in [0.2, 0.25) is 0 Å². The van der Waals surface area contributed by atoms with Crippen LogP contribution in [-0.4, -0.2) is 0 Å². The quantitative estimate of drug-likeness (QED) is 0.220. The van der Waals surface area contributed by atoms with Crippen molar-refractivity contribution >= 4 is 33.5 Å². The number of benzene rings is 6. The molecule has 0 saturated heterocycles. The molecule has 0 fully saturated rings. The van der Waals surface area contributed by atoms with Crippen molar-refractivity contribution in [3.63, 3.8) is 0 Å². The molecule has 0 aromatic heterocycles. The van der Waals surface area contributed by atoms with Gasteiger partial charge in [0.2, 0.25) is 0 Å². The molecule has 0 heterocycles. The van der Waals surface area contributed by atoms with Gasteiger partial charge in [-0.05, 0) is 59.3 Å². The van der Waals surface area contributed by atoms with Crippen LogP contribution in [0.4, 0.5) is 22.7 Å². The van der Waals surface area contributed by atoms with E-state index in [0.717, 1.165) is 22.7 Å². The van der Waals surface area contributed by atoms with E-state index in [4.69, 9.17) is 0 Å². The summed E-state index contributed by atoms with van der Waals surface area (Å²) >= 11 is 0. The lowest BCUT2D eigenvalue weighted by Gasteiger charge is -1.92. The highest BCUT2D eigenvalue weighted by Gasteiger charge is 1.88. The molecule has 38 heavy (non-hydrogen) atoms. The predicted molar refractivity (Wildman–Crippen MR) is 158 cm³/mol. The first kappa shape index (κ1) is 25.9. The number of rotatable bonds is 4. The molecule has 6 aromatic carbocycles. The van der Waals surface area contributed by atoms with Gasteiger partial charge in [0.1, 0.15) is 0 Å². The van der Waals surface area contributed by atoms with Gasteiger partial charge in [0.15, 0.2) is 0 Å². The molecule has 0 aliphatic rings. The summed E-state index contributed by atoms with van der Waals surface area (Å²) in [7, 11) is 0. The van der Waals surface area contributed by atoms with Crippen LogP contribution in [0, 0.1) is 0 Å². The first-order chi connectivity index (χ1) is 18.9. The maximum atomic E-state index is 4.10. The van der Waals surface area contributed by atoms with E-state index >= 15 is 0 Å². The van der Waals surface area contributed by atoms with Crippen LogP contribution < -0.4 is 0 Å². The third kappa shape index (κ3) is 9.10. The van der Waals surface area contributed by atoms with Crippen LogP contribution in [0.25, 0.3) is 10.8 Å². The van der Waals surface area contributed by atoms with Gasteiger partial charge in [-0.1, -0.05) is 121 Å². The number of nitrogens with zero attached hydrogens (tertiary/aromatic N) is 4. The molecular formula is C34H28N4. The van der Waals surface area contributed by atoms with Gasteiger partial charge in [0, 0.05) is 0 Å². The lowest BCUT2D eigenvalue weighted by Crippen LogP contribution is -1.67. The van der Waals surface area contributed by atoms with Crippen molar-refractivity contribution in [2.75, 3.05) is 0 Å². The van der Waals surface area contributed by atoms with Gasteiger partial charge in [0.25, 0.3) is 0 Å². The summed E-state index contributed by atoms with van der Waals surface area (Å²) in [5, 5.41) is 19.0. The zero-order chi connectivity index (χ0) is 26.1. The molecule has 0 radical (unpaired) electrons. The van der Waals surface area contributed by atoms with Gasteiger partial charge >= 0.3 is 0 Å². The normalized spacial score (nSPS) is 10.4. The highest BCUT2D eigenvalue weighted by Crippen LogP contribution is 2.17. The second-order valence-corrected chi connectivity index (χ2v) is 8.09. The molecule has 4 heteroatoms. The van der Waals surface area contributed by atoms with Crippen molar-refractivity contribution in [2.24, 2.45) is 20.5 Å². The second-order valence-electron chi connectivity index (χ2n) is 8.09. The van der Waals surface area contributed by atoms with Crippen LogP contribution in [-0.2, 0) is 0 Å². The van der Waals surface area contributed by atoms with Crippen LogP contribution in [0.3, 0.4) is 0 Å². The summed E-state index contributed by atoms with van der Waals surface area (Å²) in [5.74, 6) is 0. The Balaban J connectivity index is 0.000000135. The minimum Gasteiger partial charge on any atom is -0.151 e. The second kappa shape index (κ2) is 15.0. The molecule has 4 nitrogen and oxygen atoms in total. The fourth-order valence-corrected chi connectivity index (χ4v) is 3.34. The van der Waals surface area contributed by atoms with E-state index in [0.29, 0.717) is 0 Å². The van der Waals surface area contributed by atoms with Crippen molar-refractivity contribution in [1.29, 1.82) is 0 Å². The maximum absolute atomic E-state index is 4.10. The highest BCUT2D eigenvalue weighted by atomic mass is 15.1. The fraction of sp³-hybridized carbons (Fsp3) is 0. The molecule has 0 aliphatic heterocycles. The number of fused-ring (bicyclic) bond motifs is 1. The topological polar surface area (TPSA) is 49.4 Å². The van der Waals surface area contributed by atoms with Crippen molar-refractivity contribution in [3.05, 3.63) is 170 Å². The zero-order valence-electron chi connectivity index (χ0n) is 21.0. The fourth-order valence-electron chi connectivity index (χ4n) is 3.34. The Bertz CT molecular complexity index is 1300. The Morgan fingerprint density at radius 3 is 0.605 bits per heavy atom. The summed E-state index contributed by atoms with van der Waals surface area (Å²) < 4.78 is 0. The smallest absolute Gasteiger partial charge is 0.0857 e. The number of hydrogen-bond acceptors (Lipinski definition) is 4. The first-order valence-electron chi connectivity index (χ1n) is 12.3. The lowest BCUT2D eigenvalue weighted by molar-refractivity contribution is 1.23. The summed E-state index contributed by atoms with van der Waals surface area (Å²) in [6.07, 6.45) is 0. The van der Waals surface area contributed by atoms with E-state index in [-0.39, 0.29) is 0 Å². The van der Waals surface area contributed by atoms with Gasteiger partial charge in [0.05, 0.1) is 22.7 Å². The average Bonchev–Trinajstić information content (AvgIpc) is 3.02. The average molecular weight is 493 g/mol. The Morgan fingerprint density at radius 1 is 0.211 bits per heavy atom. The summed E-state index contributed by atoms with van der Waals surface area (Å²) in [4.78, 5) is 0. The monoisotopic (exact) mass is 492 g/mol. The van der Waals surface area contributed by atoms with E-state index in [1.807, 2.05) is 121 Å². The van der Waals surface area contributed by atoms with Crippen LogP contribution in [0.5, 0.6) is 0 Å². The van der Waals surface area contributed by atoms with E-state index in [2.05, 4.69) is 69.0 Å². The van der Waals surface area contributed by atoms with Crippen LogP contribution >= 0.6 is 0 Å². The largest absolute Gasteiger partial charge is 0.151 e. The van der Waals surface area contributed by atoms with Crippen LogP contribution in [0.1, 0.15) is 0 Å².